The standard InChI is InChI=1S/C19H30N2O.ClH/c22-18(20-11-15-6-16-1-2-17(7-15)21-16)19-8-12-3-13(9-19)5-14(4-12)10-19;/h12-17,21H,1-11H2,(H,20,22);1H/t12?,13?,14?,15-,16+,17-,19?;. The number of hydrogen-bond acceptors (Lipinski definition) is 2. The number of rotatable bonds is 3. The van der Waals surface area contributed by atoms with Crippen LogP contribution in [-0.4, -0.2) is 24.5 Å². The first-order valence-corrected chi connectivity index (χ1v) is 9.73. The molecule has 4 aliphatic carbocycles. The molecule has 6 bridgehead atoms. The van der Waals surface area contributed by atoms with Gasteiger partial charge in [-0.05, 0) is 87.9 Å². The van der Waals surface area contributed by atoms with Crippen molar-refractivity contribution < 1.29 is 4.79 Å². The molecule has 130 valence electrons. The first kappa shape index (κ1) is 16.2. The smallest absolute Gasteiger partial charge is 0.226 e. The van der Waals surface area contributed by atoms with Crippen molar-refractivity contribution in [3.63, 3.8) is 0 Å². The van der Waals surface area contributed by atoms with E-state index in [2.05, 4.69) is 10.6 Å². The summed E-state index contributed by atoms with van der Waals surface area (Å²) in [6.45, 7) is 0.940. The molecule has 6 aliphatic rings. The third kappa shape index (κ3) is 2.82. The van der Waals surface area contributed by atoms with Gasteiger partial charge < -0.3 is 10.6 Å². The molecule has 0 aromatic heterocycles. The van der Waals surface area contributed by atoms with E-state index in [1.165, 1.54) is 64.2 Å². The topological polar surface area (TPSA) is 41.1 Å². The summed E-state index contributed by atoms with van der Waals surface area (Å²) >= 11 is 0. The van der Waals surface area contributed by atoms with Gasteiger partial charge in [-0.1, -0.05) is 0 Å². The van der Waals surface area contributed by atoms with Crippen LogP contribution in [0.5, 0.6) is 0 Å². The molecule has 3 atom stereocenters. The molecule has 0 spiro atoms. The third-order valence-electron chi connectivity index (χ3n) is 7.64. The van der Waals surface area contributed by atoms with Crippen LogP contribution in [0.2, 0.25) is 0 Å². The van der Waals surface area contributed by atoms with E-state index in [1.807, 2.05) is 0 Å². The number of halogens is 1. The van der Waals surface area contributed by atoms with Gasteiger partial charge in [0.05, 0.1) is 0 Å². The van der Waals surface area contributed by atoms with Crippen LogP contribution in [-0.2, 0) is 4.79 Å². The maximum Gasteiger partial charge on any atom is 0.226 e. The van der Waals surface area contributed by atoms with Crippen LogP contribution in [0.3, 0.4) is 0 Å². The zero-order valence-electron chi connectivity index (χ0n) is 14.1. The molecule has 1 amide bonds. The Morgan fingerprint density at radius 2 is 1.43 bits per heavy atom. The Morgan fingerprint density at radius 3 is 1.96 bits per heavy atom. The highest BCUT2D eigenvalue weighted by molar-refractivity contribution is 5.85. The second-order valence-corrected chi connectivity index (χ2v) is 9.38. The molecule has 2 heterocycles. The summed E-state index contributed by atoms with van der Waals surface area (Å²) in [6.07, 6.45) is 13.1. The van der Waals surface area contributed by atoms with Crippen LogP contribution >= 0.6 is 12.4 Å². The van der Waals surface area contributed by atoms with Crippen LogP contribution in [0.15, 0.2) is 0 Å². The summed E-state index contributed by atoms with van der Waals surface area (Å²) in [6, 6.07) is 1.47. The van der Waals surface area contributed by atoms with Gasteiger partial charge in [0.25, 0.3) is 0 Å². The van der Waals surface area contributed by atoms with E-state index in [0.717, 1.165) is 42.3 Å². The Kier molecular flexibility index (Phi) is 4.16. The number of piperidine rings is 1. The molecule has 2 aliphatic heterocycles. The fourth-order valence-electron chi connectivity index (χ4n) is 7.16. The number of hydrogen-bond donors (Lipinski definition) is 2. The van der Waals surface area contributed by atoms with Crippen molar-refractivity contribution in [3.8, 4) is 0 Å². The summed E-state index contributed by atoms with van der Waals surface area (Å²) in [7, 11) is 0. The van der Waals surface area contributed by atoms with E-state index in [0.29, 0.717) is 5.91 Å². The van der Waals surface area contributed by atoms with Crippen molar-refractivity contribution in [1.29, 1.82) is 0 Å². The molecule has 4 saturated carbocycles. The van der Waals surface area contributed by atoms with Crippen molar-refractivity contribution in [3.05, 3.63) is 0 Å². The fraction of sp³-hybridized carbons (Fsp3) is 0.947. The monoisotopic (exact) mass is 338 g/mol. The second kappa shape index (κ2) is 5.91. The molecule has 3 nitrogen and oxygen atoms in total. The van der Waals surface area contributed by atoms with E-state index in [1.54, 1.807) is 0 Å². The molecule has 0 unspecified atom stereocenters. The van der Waals surface area contributed by atoms with Gasteiger partial charge in [-0.15, -0.1) is 12.4 Å². The SMILES string of the molecule is Cl.O=C(NC[C@H]1C[C@H]2CC[C@@H](C1)N2)C12CC3CC(CC(C3)C1)C2. The lowest BCUT2D eigenvalue weighted by molar-refractivity contribution is -0.146. The molecule has 4 heteroatoms. The summed E-state index contributed by atoms with van der Waals surface area (Å²) in [5.74, 6) is 3.75. The van der Waals surface area contributed by atoms with Crippen LogP contribution in [0.25, 0.3) is 0 Å². The Balaban J connectivity index is 0.00000135. The minimum absolute atomic E-state index is 0. The third-order valence-corrected chi connectivity index (χ3v) is 7.64. The second-order valence-electron chi connectivity index (χ2n) is 9.38. The van der Waals surface area contributed by atoms with Gasteiger partial charge in [-0.2, -0.15) is 0 Å². The van der Waals surface area contributed by atoms with Crippen molar-refractivity contribution >= 4 is 18.3 Å². The molecule has 2 N–H and O–H groups in total. The normalized spacial score (nSPS) is 49.7. The van der Waals surface area contributed by atoms with Crippen LogP contribution in [0, 0.1) is 29.1 Å². The number of fused-ring (bicyclic) bond motifs is 2. The average Bonchev–Trinajstić information content (AvgIpc) is 2.82. The molecule has 6 rings (SSSR count). The van der Waals surface area contributed by atoms with Gasteiger partial charge in [-0.25, -0.2) is 0 Å². The summed E-state index contributed by atoms with van der Waals surface area (Å²) in [5, 5.41) is 7.12. The van der Waals surface area contributed by atoms with Crippen LogP contribution < -0.4 is 10.6 Å². The lowest BCUT2D eigenvalue weighted by Crippen LogP contribution is -2.54. The van der Waals surface area contributed by atoms with Crippen molar-refractivity contribution in [2.24, 2.45) is 29.1 Å². The van der Waals surface area contributed by atoms with Crippen molar-refractivity contribution in [1.82, 2.24) is 10.6 Å². The molecule has 0 aromatic carbocycles. The maximum atomic E-state index is 13.0. The minimum atomic E-state index is 0. The Morgan fingerprint density at radius 1 is 0.913 bits per heavy atom. The molecule has 0 aromatic rings. The van der Waals surface area contributed by atoms with E-state index in [4.69, 9.17) is 0 Å². The largest absolute Gasteiger partial charge is 0.355 e. The zero-order valence-corrected chi connectivity index (χ0v) is 14.9. The number of carbonyl (C=O) groups is 1. The Labute approximate surface area is 146 Å². The van der Waals surface area contributed by atoms with Crippen LogP contribution in [0.4, 0.5) is 0 Å². The molecule has 6 fully saturated rings. The highest BCUT2D eigenvalue weighted by atomic mass is 35.5. The van der Waals surface area contributed by atoms with Gasteiger partial charge in [-0.3, -0.25) is 4.79 Å². The van der Waals surface area contributed by atoms with Gasteiger partial charge in [0.1, 0.15) is 0 Å². The lowest BCUT2D eigenvalue weighted by Gasteiger charge is -2.55. The number of carbonyl (C=O) groups excluding carboxylic acids is 1. The molecule has 23 heavy (non-hydrogen) atoms. The van der Waals surface area contributed by atoms with Crippen molar-refractivity contribution in [2.45, 2.75) is 76.3 Å². The van der Waals surface area contributed by atoms with E-state index < -0.39 is 0 Å². The minimum Gasteiger partial charge on any atom is -0.355 e. The average molecular weight is 339 g/mol. The van der Waals surface area contributed by atoms with Gasteiger partial charge in [0.15, 0.2) is 0 Å². The predicted molar refractivity (Wildman–Crippen MR) is 93.5 cm³/mol. The number of amides is 1. The van der Waals surface area contributed by atoms with Crippen LogP contribution in [0.1, 0.15) is 64.2 Å². The highest BCUT2D eigenvalue weighted by Gasteiger charge is 2.54. The highest BCUT2D eigenvalue weighted by Crippen LogP contribution is 2.60. The molecular weight excluding hydrogens is 308 g/mol. The lowest BCUT2D eigenvalue weighted by atomic mass is 9.49. The van der Waals surface area contributed by atoms with E-state index >= 15 is 0 Å². The van der Waals surface area contributed by atoms with E-state index in [9.17, 15) is 4.79 Å². The zero-order chi connectivity index (χ0) is 14.7. The maximum absolute atomic E-state index is 13.0. The quantitative estimate of drug-likeness (QED) is 0.829. The van der Waals surface area contributed by atoms with Gasteiger partial charge in [0, 0.05) is 24.0 Å². The summed E-state index contributed by atoms with van der Waals surface area (Å²) in [4.78, 5) is 13.0. The first-order valence-electron chi connectivity index (χ1n) is 9.73. The van der Waals surface area contributed by atoms with Gasteiger partial charge in [0.2, 0.25) is 5.91 Å². The summed E-state index contributed by atoms with van der Waals surface area (Å²) in [5.41, 5.74) is 0.0423. The Bertz CT molecular complexity index is 433. The number of nitrogens with one attached hydrogen (secondary N) is 2. The molecular formula is C19H31ClN2O. The predicted octanol–water partition coefficient (Wildman–Crippen LogP) is 3.27. The Hall–Kier alpha value is -0.280. The van der Waals surface area contributed by atoms with Crippen molar-refractivity contribution in [2.75, 3.05) is 6.54 Å². The molecule has 0 radical (unpaired) electrons. The van der Waals surface area contributed by atoms with E-state index in [-0.39, 0.29) is 17.8 Å². The molecule has 2 saturated heterocycles. The fourth-order valence-corrected chi connectivity index (χ4v) is 7.16. The summed E-state index contributed by atoms with van der Waals surface area (Å²) < 4.78 is 0. The first-order chi connectivity index (χ1) is 10.7. The van der Waals surface area contributed by atoms with Gasteiger partial charge >= 0.3 is 0 Å².